The van der Waals surface area contributed by atoms with Crippen molar-refractivity contribution in [3.8, 4) is 0 Å². The van der Waals surface area contributed by atoms with Crippen molar-refractivity contribution in [1.29, 1.82) is 0 Å². The molecule has 0 spiro atoms. The summed E-state index contributed by atoms with van der Waals surface area (Å²) in [7, 11) is 0. The van der Waals surface area contributed by atoms with Crippen molar-refractivity contribution >= 4 is 34.3 Å². The van der Waals surface area contributed by atoms with E-state index in [1.54, 1.807) is 0 Å². The number of aliphatic hydroxyl groups excluding tert-OH is 1. The molecule has 26 heavy (non-hydrogen) atoms. The molecule has 0 radical (unpaired) electrons. The number of amides is 1. The van der Waals surface area contributed by atoms with E-state index in [2.05, 4.69) is 10.3 Å². The maximum atomic E-state index is 12.1. The van der Waals surface area contributed by atoms with Crippen LogP contribution in [0.2, 0.25) is 5.15 Å². The zero-order chi connectivity index (χ0) is 18.9. The number of fused-ring (bicyclic) bond motifs is 1. The minimum absolute atomic E-state index is 0.242. The van der Waals surface area contributed by atoms with Crippen molar-refractivity contribution < 1.29 is 14.6 Å². The summed E-state index contributed by atoms with van der Waals surface area (Å²) in [5.74, 6) is 0.711. The number of nitrogens with zero attached hydrogens (tertiary/aromatic N) is 2. The van der Waals surface area contributed by atoms with Crippen LogP contribution in [-0.4, -0.2) is 47.0 Å². The van der Waals surface area contributed by atoms with Gasteiger partial charge in [0, 0.05) is 18.5 Å². The summed E-state index contributed by atoms with van der Waals surface area (Å²) >= 11 is 6.18. The van der Waals surface area contributed by atoms with E-state index in [1.807, 2.05) is 56.0 Å². The molecule has 2 atom stereocenters. The van der Waals surface area contributed by atoms with E-state index in [0.717, 1.165) is 10.8 Å². The second kappa shape index (κ2) is 7.29. The SMILES string of the molecule is CC(C)(C)OC(=O)N[C@H]1C[C@@H](O)CN(c2nc(Cl)cc3ccccc23)C1. The Bertz CT molecular complexity index is 806. The molecule has 6 nitrogen and oxygen atoms in total. The molecular formula is C19H24ClN3O3. The lowest BCUT2D eigenvalue weighted by molar-refractivity contribution is 0.0473. The van der Waals surface area contributed by atoms with Crippen LogP contribution in [0.5, 0.6) is 0 Å². The van der Waals surface area contributed by atoms with Crippen molar-refractivity contribution in [2.24, 2.45) is 0 Å². The van der Waals surface area contributed by atoms with Crippen molar-refractivity contribution in [3.05, 3.63) is 35.5 Å². The first kappa shape index (κ1) is 18.7. The Morgan fingerprint density at radius 2 is 2.08 bits per heavy atom. The Balaban J connectivity index is 1.82. The summed E-state index contributed by atoms with van der Waals surface area (Å²) in [6, 6.07) is 9.41. The maximum absolute atomic E-state index is 12.1. The molecule has 3 rings (SSSR count). The number of carbonyl (C=O) groups is 1. The molecule has 1 fully saturated rings. The second-order valence-electron chi connectivity index (χ2n) is 7.63. The van der Waals surface area contributed by atoms with Crippen LogP contribution < -0.4 is 10.2 Å². The first-order valence-corrected chi connectivity index (χ1v) is 9.07. The van der Waals surface area contributed by atoms with E-state index >= 15 is 0 Å². The molecule has 1 aliphatic rings. The number of carbonyl (C=O) groups excluding carboxylic acids is 1. The molecular weight excluding hydrogens is 354 g/mol. The van der Waals surface area contributed by atoms with Gasteiger partial charge < -0.3 is 20.1 Å². The Hall–Kier alpha value is -2.05. The monoisotopic (exact) mass is 377 g/mol. The predicted octanol–water partition coefficient (Wildman–Crippen LogP) is 3.35. The molecule has 2 N–H and O–H groups in total. The van der Waals surface area contributed by atoms with Crippen molar-refractivity contribution in [3.63, 3.8) is 0 Å². The van der Waals surface area contributed by atoms with E-state index < -0.39 is 17.8 Å². The normalized spacial score (nSPS) is 20.9. The molecule has 1 aliphatic heterocycles. The van der Waals surface area contributed by atoms with E-state index in [1.165, 1.54) is 0 Å². The van der Waals surface area contributed by atoms with Crippen LogP contribution in [0.4, 0.5) is 10.6 Å². The number of ether oxygens (including phenoxy) is 1. The average molecular weight is 378 g/mol. The zero-order valence-corrected chi connectivity index (χ0v) is 16.0. The van der Waals surface area contributed by atoms with Crippen molar-refractivity contribution in [2.75, 3.05) is 18.0 Å². The van der Waals surface area contributed by atoms with Gasteiger partial charge in [-0.05, 0) is 38.6 Å². The minimum Gasteiger partial charge on any atom is -0.444 e. The molecule has 0 aliphatic carbocycles. The van der Waals surface area contributed by atoms with Crippen LogP contribution in [0.15, 0.2) is 30.3 Å². The highest BCUT2D eigenvalue weighted by Gasteiger charge is 2.30. The number of alkyl carbamates (subject to hydrolysis) is 1. The Kier molecular flexibility index (Phi) is 5.25. The molecule has 1 aromatic heterocycles. The summed E-state index contributed by atoms with van der Waals surface area (Å²) < 4.78 is 5.32. The van der Waals surface area contributed by atoms with Gasteiger partial charge in [-0.1, -0.05) is 35.9 Å². The number of anilines is 1. The number of aliphatic hydroxyl groups is 1. The highest BCUT2D eigenvalue weighted by atomic mass is 35.5. The van der Waals surface area contributed by atoms with Gasteiger partial charge in [-0.3, -0.25) is 0 Å². The van der Waals surface area contributed by atoms with Gasteiger partial charge in [0.05, 0.1) is 12.1 Å². The Morgan fingerprint density at radius 3 is 2.81 bits per heavy atom. The number of rotatable bonds is 2. The topological polar surface area (TPSA) is 74.7 Å². The lowest BCUT2D eigenvalue weighted by atomic mass is 10.0. The van der Waals surface area contributed by atoms with Gasteiger partial charge in [-0.25, -0.2) is 9.78 Å². The molecule has 1 amide bonds. The largest absolute Gasteiger partial charge is 0.444 e. The Morgan fingerprint density at radius 1 is 1.35 bits per heavy atom. The highest BCUT2D eigenvalue weighted by molar-refractivity contribution is 6.30. The first-order valence-electron chi connectivity index (χ1n) is 8.69. The lowest BCUT2D eigenvalue weighted by Gasteiger charge is -2.37. The number of β-amino-alcohol motifs (C(OH)–C–C–N with tert-alkyl or cyclic N) is 1. The predicted molar refractivity (Wildman–Crippen MR) is 103 cm³/mol. The lowest BCUT2D eigenvalue weighted by Crippen LogP contribution is -2.53. The maximum Gasteiger partial charge on any atom is 0.407 e. The standard InChI is InChI=1S/C19H24ClN3O3/c1-19(2,3)26-18(25)21-13-9-14(24)11-23(10-13)17-15-7-5-4-6-12(15)8-16(20)22-17/h4-8,13-14,24H,9-11H2,1-3H3,(H,21,25)/t13-,14+/m0/s1. The number of pyridine rings is 1. The molecule has 7 heteroatoms. The third-order valence-corrected chi connectivity index (χ3v) is 4.33. The molecule has 1 saturated heterocycles. The molecule has 0 saturated carbocycles. The van der Waals surface area contributed by atoms with Crippen LogP contribution in [0.3, 0.4) is 0 Å². The summed E-state index contributed by atoms with van der Waals surface area (Å²) in [6.45, 7) is 6.40. The van der Waals surface area contributed by atoms with Crippen LogP contribution in [0.25, 0.3) is 10.8 Å². The second-order valence-corrected chi connectivity index (χ2v) is 8.01. The third kappa shape index (κ3) is 4.56. The molecule has 1 aromatic carbocycles. The average Bonchev–Trinajstić information content (AvgIpc) is 2.51. The number of halogens is 1. The summed E-state index contributed by atoms with van der Waals surface area (Å²) in [6.07, 6.45) is -0.600. The minimum atomic E-state index is -0.580. The fourth-order valence-corrected chi connectivity index (χ4v) is 3.41. The van der Waals surface area contributed by atoms with E-state index in [4.69, 9.17) is 16.3 Å². The number of hydrogen-bond donors (Lipinski definition) is 2. The summed E-state index contributed by atoms with van der Waals surface area (Å²) in [5.41, 5.74) is -0.568. The fraction of sp³-hybridized carbons (Fsp3) is 0.474. The van der Waals surface area contributed by atoms with Gasteiger partial charge in [-0.2, -0.15) is 0 Å². The number of hydrogen-bond acceptors (Lipinski definition) is 5. The van der Waals surface area contributed by atoms with E-state index in [-0.39, 0.29) is 6.04 Å². The zero-order valence-electron chi connectivity index (χ0n) is 15.2. The van der Waals surface area contributed by atoms with Crippen LogP contribution in [-0.2, 0) is 4.74 Å². The van der Waals surface area contributed by atoms with Crippen LogP contribution in [0.1, 0.15) is 27.2 Å². The van der Waals surface area contributed by atoms with Crippen molar-refractivity contribution in [2.45, 2.75) is 44.9 Å². The molecule has 140 valence electrons. The quantitative estimate of drug-likeness (QED) is 0.785. The van der Waals surface area contributed by atoms with Gasteiger partial charge in [0.1, 0.15) is 16.6 Å². The van der Waals surface area contributed by atoms with Gasteiger partial charge >= 0.3 is 6.09 Å². The number of benzene rings is 1. The summed E-state index contributed by atoms with van der Waals surface area (Å²) in [4.78, 5) is 18.5. The highest BCUT2D eigenvalue weighted by Crippen LogP contribution is 2.29. The van der Waals surface area contributed by atoms with E-state index in [9.17, 15) is 9.90 Å². The Labute approximate surface area is 158 Å². The first-order chi connectivity index (χ1) is 12.2. The number of piperidine rings is 1. The van der Waals surface area contributed by atoms with Gasteiger partial charge in [0.2, 0.25) is 0 Å². The van der Waals surface area contributed by atoms with Gasteiger partial charge in [-0.15, -0.1) is 0 Å². The smallest absolute Gasteiger partial charge is 0.407 e. The van der Waals surface area contributed by atoms with Crippen molar-refractivity contribution in [1.82, 2.24) is 10.3 Å². The summed E-state index contributed by atoms with van der Waals surface area (Å²) in [5, 5.41) is 15.5. The fourth-order valence-electron chi connectivity index (χ4n) is 3.21. The molecule has 0 bridgehead atoms. The molecule has 2 heterocycles. The molecule has 0 unspecified atom stereocenters. The van der Waals surface area contributed by atoms with Gasteiger partial charge in [0.25, 0.3) is 0 Å². The van der Waals surface area contributed by atoms with Crippen LogP contribution >= 0.6 is 11.6 Å². The molecule has 2 aromatic rings. The number of aromatic nitrogens is 1. The van der Waals surface area contributed by atoms with E-state index in [0.29, 0.717) is 30.5 Å². The van der Waals surface area contributed by atoms with Gasteiger partial charge in [0.15, 0.2) is 0 Å². The third-order valence-electron chi connectivity index (χ3n) is 4.14. The number of nitrogens with one attached hydrogen (secondary N) is 1. The van der Waals surface area contributed by atoms with Crippen LogP contribution in [0, 0.1) is 0 Å².